The molecule has 0 bridgehead atoms. The number of nitrogens with zero attached hydrogens (tertiary/aromatic N) is 3. The number of amides is 1. The van der Waals surface area contributed by atoms with Crippen molar-refractivity contribution >= 4 is 29.0 Å². The molecule has 1 aliphatic rings. The zero-order valence-electron chi connectivity index (χ0n) is 15.1. The molecule has 150 valence electrons. The highest BCUT2D eigenvalue weighted by Gasteiger charge is 2.34. The average Bonchev–Trinajstić information content (AvgIpc) is 3.26. The van der Waals surface area contributed by atoms with Gasteiger partial charge in [0.15, 0.2) is 5.16 Å². The van der Waals surface area contributed by atoms with E-state index in [4.69, 9.17) is 0 Å². The van der Waals surface area contributed by atoms with Crippen LogP contribution in [0.4, 0.5) is 13.2 Å². The van der Waals surface area contributed by atoms with Crippen molar-refractivity contribution in [2.24, 2.45) is 0 Å². The van der Waals surface area contributed by atoms with Gasteiger partial charge in [0.1, 0.15) is 5.69 Å². The highest BCUT2D eigenvalue weighted by Crippen LogP contribution is 2.33. The lowest BCUT2D eigenvalue weighted by atomic mass is 10.00. The Morgan fingerprint density at radius 3 is 2.66 bits per heavy atom. The number of carbonyl (C=O) groups is 1. The van der Waals surface area contributed by atoms with Crippen LogP contribution in [-0.2, 0) is 23.9 Å². The third-order valence-electron chi connectivity index (χ3n) is 4.58. The summed E-state index contributed by atoms with van der Waals surface area (Å²) in [6.45, 7) is 1.11. The molecule has 0 radical (unpaired) electrons. The minimum atomic E-state index is -4.58. The molecule has 0 fully saturated rings. The Balaban J connectivity index is 1.49. The van der Waals surface area contributed by atoms with Crippen LogP contribution < -0.4 is 0 Å². The minimum Gasteiger partial charge on any atom is -0.337 e. The summed E-state index contributed by atoms with van der Waals surface area (Å²) in [6.07, 6.45) is -3.81. The van der Waals surface area contributed by atoms with E-state index in [1.807, 2.05) is 18.2 Å². The Bertz CT molecular complexity index is 1020. The van der Waals surface area contributed by atoms with Crippen LogP contribution >= 0.6 is 23.1 Å². The van der Waals surface area contributed by atoms with Crippen molar-refractivity contribution in [3.8, 4) is 10.6 Å². The smallest absolute Gasteiger partial charge is 0.337 e. The maximum Gasteiger partial charge on any atom is 0.433 e. The Kier molecular flexibility index (Phi) is 5.60. The number of carbonyl (C=O) groups excluding carboxylic acids is 1. The van der Waals surface area contributed by atoms with Gasteiger partial charge < -0.3 is 4.90 Å². The van der Waals surface area contributed by atoms with Gasteiger partial charge >= 0.3 is 6.18 Å². The topological polar surface area (TPSA) is 46.1 Å². The molecule has 0 atom stereocenters. The summed E-state index contributed by atoms with van der Waals surface area (Å²) in [4.78, 5) is 22.8. The second-order valence-electron chi connectivity index (χ2n) is 6.52. The van der Waals surface area contributed by atoms with Crippen molar-refractivity contribution in [1.82, 2.24) is 14.9 Å². The van der Waals surface area contributed by atoms with Gasteiger partial charge in [-0.1, -0.05) is 42.1 Å². The van der Waals surface area contributed by atoms with Gasteiger partial charge in [-0.15, -0.1) is 11.3 Å². The van der Waals surface area contributed by atoms with Crippen LogP contribution in [0.2, 0.25) is 0 Å². The molecule has 0 unspecified atom stereocenters. The van der Waals surface area contributed by atoms with Gasteiger partial charge in [-0.3, -0.25) is 4.79 Å². The lowest BCUT2D eigenvalue weighted by Crippen LogP contribution is -2.37. The van der Waals surface area contributed by atoms with Crippen molar-refractivity contribution in [3.63, 3.8) is 0 Å². The fourth-order valence-electron chi connectivity index (χ4n) is 3.11. The molecule has 0 N–H and O–H groups in total. The van der Waals surface area contributed by atoms with Gasteiger partial charge in [-0.05, 0) is 35.1 Å². The van der Waals surface area contributed by atoms with Gasteiger partial charge in [0, 0.05) is 13.1 Å². The molecule has 2 aromatic heterocycles. The van der Waals surface area contributed by atoms with Crippen molar-refractivity contribution in [1.29, 1.82) is 0 Å². The van der Waals surface area contributed by atoms with Gasteiger partial charge in [0.25, 0.3) is 0 Å². The Hall–Kier alpha value is -2.39. The number of aromatic nitrogens is 2. The first-order chi connectivity index (χ1) is 13.9. The standard InChI is InChI=1S/C20H16F3N3OS2/c21-20(22,23)17-10-15(16-6-3-9-28-16)24-19(25-17)29-12-18(27)26-8-7-13-4-1-2-5-14(13)11-26/h1-6,9-10H,7-8,11-12H2. The van der Waals surface area contributed by atoms with E-state index in [9.17, 15) is 18.0 Å². The minimum absolute atomic E-state index is 0.00659. The van der Waals surface area contributed by atoms with E-state index in [-0.39, 0.29) is 22.5 Å². The molecule has 29 heavy (non-hydrogen) atoms. The van der Waals surface area contributed by atoms with Gasteiger partial charge in [-0.2, -0.15) is 13.2 Å². The third kappa shape index (κ3) is 4.62. The van der Waals surface area contributed by atoms with Crippen molar-refractivity contribution < 1.29 is 18.0 Å². The Morgan fingerprint density at radius 1 is 1.14 bits per heavy atom. The quantitative estimate of drug-likeness (QED) is 0.432. The van der Waals surface area contributed by atoms with Gasteiger partial charge in [0.05, 0.1) is 16.3 Å². The predicted molar refractivity (Wildman–Crippen MR) is 107 cm³/mol. The molecule has 0 aliphatic carbocycles. The van der Waals surface area contributed by atoms with E-state index in [1.165, 1.54) is 16.9 Å². The van der Waals surface area contributed by atoms with E-state index in [0.29, 0.717) is 18.0 Å². The third-order valence-corrected chi connectivity index (χ3v) is 6.30. The van der Waals surface area contributed by atoms with Crippen molar-refractivity contribution in [3.05, 3.63) is 64.7 Å². The first-order valence-electron chi connectivity index (χ1n) is 8.87. The molecule has 1 amide bonds. The lowest BCUT2D eigenvalue weighted by molar-refractivity contribution is -0.141. The molecule has 1 aliphatic heterocycles. The summed E-state index contributed by atoms with van der Waals surface area (Å²) >= 11 is 2.24. The highest BCUT2D eigenvalue weighted by molar-refractivity contribution is 7.99. The molecule has 0 saturated heterocycles. The summed E-state index contributed by atoms with van der Waals surface area (Å²) in [6, 6.07) is 12.4. The number of benzene rings is 1. The molecule has 1 aromatic carbocycles. The zero-order chi connectivity index (χ0) is 20.4. The molecular weight excluding hydrogens is 419 g/mol. The molecule has 9 heteroatoms. The summed E-state index contributed by atoms with van der Waals surface area (Å²) in [5.41, 5.74) is 1.54. The van der Waals surface area contributed by atoms with Crippen molar-refractivity contribution in [2.75, 3.05) is 12.3 Å². The molecule has 3 aromatic rings. The van der Waals surface area contributed by atoms with Crippen LogP contribution in [-0.4, -0.2) is 33.1 Å². The number of halogens is 3. The molecule has 0 spiro atoms. The first-order valence-corrected chi connectivity index (χ1v) is 10.7. The van der Waals surface area contributed by atoms with E-state index in [1.54, 1.807) is 22.4 Å². The molecule has 4 nitrogen and oxygen atoms in total. The Labute approximate surface area is 173 Å². The predicted octanol–water partition coefficient (Wildman–Crippen LogP) is 4.90. The number of hydrogen-bond acceptors (Lipinski definition) is 5. The summed E-state index contributed by atoms with van der Waals surface area (Å²) in [5, 5.41) is 1.73. The molecular formula is C20H16F3N3OS2. The van der Waals surface area contributed by atoms with Crippen molar-refractivity contribution in [2.45, 2.75) is 24.3 Å². The van der Waals surface area contributed by atoms with E-state index < -0.39 is 11.9 Å². The molecule has 4 rings (SSSR count). The Morgan fingerprint density at radius 2 is 1.93 bits per heavy atom. The number of rotatable bonds is 4. The zero-order valence-corrected chi connectivity index (χ0v) is 16.8. The second-order valence-corrected chi connectivity index (χ2v) is 8.41. The number of alkyl halides is 3. The number of thioether (sulfide) groups is 1. The largest absolute Gasteiger partial charge is 0.433 e. The van der Waals surface area contributed by atoms with Crippen LogP contribution in [0.3, 0.4) is 0 Å². The van der Waals surface area contributed by atoms with E-state index in [2.05, 4.69) is 16.0 Å². The van der Waals surface area contributed by atoms with Gasteiger partial charge in [-0.25, -0.2) is 9.97 Å². The maximum absolute atomic E-state index is 13.2. The van der Waals surface area contributed by atoms with Crippen LogP contribution in [0, 0.1) is 0 Å². The second kappa shape index (κ2) is 8.16. The summed E-state index contributed by atoms with van der Waals surface area (Å²) < 4.78 is 39.7. The number of thiophene rings is 1. The highest BCUT2D eigenvalue weighted by atomic mass is 32.2. The SMILES string of the molecule is O=C(CSc1nc(-c2cccs2)cc(C(F)(F)F)n1)N1CCc2ccccc2C1. The first kappa shape index (κ1) is 19.9. The van der Waals surface area contributed by atoms with Crippen LogP contribution in [0.15, 0.2) is 53.0 Å². The van der Waals surface area contributed by atoms with Gasteiger partial charge in [0.2, 0.25) is 5.91 Å². The maximum atomic E-state index is 13.2. The fourth-order valence-corrected chi connectivity index (χ4v) is 4.56. The lowest BCUT2D eigenvalue weighted by Gasteiger charge is -2.28. The van der Waals surface area contributed by atoms with Crippen LogP contribution in [0.1, 0.15) is 16.8 Å². The number of hydrogen-bond donors (Lipinski definition) is 0. The van der Waals surface area contributed by atoms with Crippen LogP contribution in [0.25, 0.3) is 10.6 Å². The van der Waals surface area contributed by atoms with E-state index >= 15 is 0 Å². The average molecular weight is 435 g/mol. The monoisotopic (exact) mass is 435 g/mol. The van der Waals surface area contributed by atoms with E-state index in [0.717, 1.165) is 29.8 Å². The molecule has 0 saturated carbocycles. The summed E-state index contributed by atoms with van der Waals surface area (Å²) in [5.74, 6) is -0.143. The molecule has 3 heterocycles. The van der Waals surface area contributed by atoms with Crippen LogP contribution in [0.5, 0.6) is 0 Å². The normalized spacial score (nSPS) is 14.0. The fraction of sp³-hybridized carbons (Fsp3) is 0.250. The number of fused-ring (bicyclic) bond motifs is 1. The summed E-state index contributed by atoms with van der Waals surface area (Å²) in [7, 11) is 0.